The fourth-order valence-corrected chi connectivity index (χ4v) is 3.76. The first kappa shape index (κ1) is 11.9. The molecule has 0 amide bonds. The fraction of sp³-hybridized carbons (Fsp3) is 0.316. The van der Waals surface area contributed by atoms with Crippen LogP contribution in [0.4, 0.5) is 0 Å². The van der Waals surface area contributed by atoms with E-state index in [-0.39, 0.29) is 0 Å². The summed E-state index contributed by atoms with van der Waals surface area (Å²) in [6, 6.07) is 20.5. The number of hydrogen-bond donors (Lipinski definition) is 0. The average molecular weight is 262 g/mol. The van der Waals surface area contributed by atoms with Crippen molar-refractivity contribution < 1.29 is 4.58 Å². The Labute approximate surface area is 120 Å². The highest BCUT2D eigenvalue weighted by molar-refractivity contribution is 5.72. The predicted molar refractivity (Wildman–Crippen MR) is 82.5 cm³/mol. The maximum atomic E-state index is 2.59. The summed E-state index contributed by atoms with van der Waals surface area (Å²) in [6.45, 7) is 1.21. The maximum absolute atomic E-state index is 2.59. The van der Waals surface area contributed by atoms with Gasteiger partial charge in [-0.05, 0) is 17.5 Å². The second kappa shape index (κ2) is 4.90. The molecule has 0 saturated carbocycles. The van der Waals surface area contributed by atoms with Gasteiger partial charge in [-0.1, -0.05) is 54.6 Å². The molecule has 2 aromatic carbocycles. The van der Waals surface area contributed by atoms with Crippen molar-refractivity contribution in [3.05, 3.63) is 71.3 Å². The third-order valence-electron chi connectivity index (χ3n) is 4.73. The van der Waals surface area contributed by atoms with Crippen LogP contribution in [0.2, 0.25) is 0 Å². The Morgan fingerprint density at radius 3 is 2.40 bits per heavy atom. The number of piperidine rings is 1. The summed E-state index contributed by atoms with van der Waals surface area (Å²) in [6.07, 6.45) is 6.46. The highest BCUT2D eigenvalue weighted by Crippen LogP contribution is 2.38. The quantitative estimate of drug-likeness (QED) is 0.679. The average Bonchev–Trinajstić information content (AvgIpc) is 2.55. The molecule has 1 nitrogen and oxygen atoms in total. The summed E-state index contributed by atoms with van der Waals surface area (Å²) in [5.41, 5.74) is 4.45. The van der Waals surface area contributed by atoms with Crippen molar-refractivity contribution in [2.75, 3.05) is 6.54 Å². The monoisotopic (exact) mass is 262 g/mol. The van der Waals surface area contributed by atoms with E-state index in [1.807, 2.05) is 0 Å². The van der Waals surface area contributed by atoms with E-state index in [1.54, 1.807) is 5.56 Å². The topological polar surface area (TPSA) is 3.01 Å². The molecule has 1 heteroatoms. The molecule has 2 aromatic rings. The molecule has 0 spiro atoms. The molecule has 2 aliphatic rings. The van der Waals surface area contributed by atoms with Crippen LogP contribution < -0.4 is 0 Å². The Morgan fingerprint density at radius 1 is 0.800 bits per heavy atom. The number of fused-ring (bicyclic) bond motifs is 3. The van der Waals surface area contributed by atoms with Gasteiger partial charge in [-0.3, -0.25) is 0 Å². The van der Waals surface area contributed by atoms with E-state index in [4.69, 9.17) is 0 Å². The van der Waals surface area contributed by atoms with Crippen LogP contribution in [-0.4, -0.2) is 17.3 Å². The lowest BCUT2D eigenvalue weighted by Gasteiger charge is -2.30. The van der Waals surface area contributed by atoms with Gasteiger partial charge in [-0.25, -0.2) is 4.58 Å². The molecule has 0 N–H and O–H groups in total. The molecular formula is C19H20N+. The van der Waals surface area contributed by atoms with Crippen molar-refractivity contribution in [1.82, 2.24) is 0 Å². The van der Waals surface area contributed by atoms with E-state index in [1.165, 1.54) is 36.9 Å². The molecule has 4 rings (SSSR count). The SMILES string of the molecule is C1=[N+]2CCCC[C@@H]2c2ccccc2[C@H]1c1ccccc1. The van der Waals surface area contributed by atoms with Gasteiger partial charge in [0, 0.05) is 18.4 Å². The van der Waals surface area contributed by atoms with Gasteiger partial charge in [0.1, 0.15) is 6.54 Å². The van der Waals surface area contributed by atoms with Crippen molar-refractivity contribution >= 4 is 6.21 Å². The number of hydrogen-bond acceptors (Lipinski definition) is 0. The summed E-state index contributed by atoms with van der Waals surface area (Å²) in [4.78, 5) is 0. The summed E-state index contributed by atoms with van der Waals surface area (Å²) in [7, 11) is 0. The standard InChI is InChI=1S/C19H20N/c1-2-8-15(9-3-1)18-14-20-13-7-6-12-19(20)17-11-5-4-10-16(17)18/h1-5,8-11,14,18-19H,6-7,12-13H2/q+1/t18-,19-/m1/s1. The molecule has 0 unspecified atom stereocenters. The minimum absolute atomic E-state index is 0.418. The van der Waals surface area contributed by atoms with E-state index < -0.39 is 0 Å². The molecule has 2 aliphatic heterocycles. The molecular weight excluding hydrogens is 242 g/mol. The van der Waals surface area contributed by atoms with Crippen LogP contribution in [-0.2, 0) is 0 Å². The van der Waals surface area contributed by atoms with Crippen LogP contribution in [0.25, 0.3) is 0 Å². The zero-order chi connectivity index (χ0) is 13.4. The summed E-state index contributed by atoms with van der Waals surface area (Å²) >= 11 is 0. The molecule has 2 atom stereocenters. The minimum atomic E-state index is 0.418. The van der Waals surface area contributed by atoms with Crippen molar-refractivity contribution in [3.63, 3.8) is 0 Å². The van der Waals surface area contributed by atoms with Gasteiger partial charge >= 0.3 is 0 Å². The van der Waals surface area contributed by atoms with E-state index in [0.717, 1.165) is 0 Å². The normalized spacial score (nSPS) is 24.5. The smallest absolute Gasteiger partial charge is 0.178 e. The number of benzene rings is 2. The van der Waals surface area contributed by atoms with Crippen molar-refractivity contribution in [2.45, 2.75) is 31.2 Å². The van der Waals surface area contributed by atoms with Gasteiger partial charge in [-0.15, -0.1) is 0 Å². The van der Waals surface area contributed by atoms with Crippen molar-refractivity contribution in [3.8, 4) is 0 Å². The maximum Gasteiger partial charge on any atom is 0.178 e. The fourth-order valence-electron chi connectivity index (χ4n) is 3.76. The Balaban J connectivity index is 1.86. The van der Waals surface area contributed by atoms with Crippen molar-refractivity contribution in [2.24, 2.45) is 0 Å². The molecule has 20 heavy (non-hydrogen) atoms. The molecule has 1 fully saturated rings. The molecule has 0 radical (unpaired) electrons. The highest BCUT2D eigenvalue weighted by Gasteiger charge is 2.35. The minimum Gasteiger partial charge on any atom is -0.232 e. The van der Waals surface area contributed by atoms with E-state index in [2.05, 4.69) is 65.4 Å². The van der Waals surface area contributed by atoms with Crippen LogP contribution in [0.15, 0.2) is 54.6 Å². The zero-order valence-corrected chi connectivity index (χ0v) is 11.7. The molecule has 1 saturated heterocycles. The third kappa shape index (κ3) is 1.89. The molecule has 0 aromatic heterocycles. The van der Waals surface area contributed by atoms with Gasteiger partial charge in [0.25, 0.3) is 0 Å². The van der Waals surface area contributed by atoms with Crippen LogP contribution in [0.3, 0.4) is 0 Å². The lowest BCUT2D eigenvalue weighted by molar-refractivity contribution is -0.581. The van der Waals surface area contributed by atoms with Crippen LogP contribution in [0.5, 0.6) is 0 Å². The summed E-state index contributed by atoms with van der Waals surface area (Å²) < 4.78 is 2.59. The molecule has 0 bridgehead atoms. The van der Waals surface area contributed by atoms with Gasteiger partial charge in [0.2, 0.25) is 0 Å². The highest BCUT2D eigenvalue weighted by atomic mass is 15.1. The van der Waals surface area contributed by atoms with Gasteiger partial charge in [0.05, 0.1) is 5.92 Å². The lowest BCUT2D eigenvalue weighted by Crippen LogP contribution is -2.32. The first-order valence-corrected chi connectivity index (χ1v) is 7.68. The molecule has 100 valence electrons. The number of rotatable bonds is 1. The Bertz CT molecular complexity index is 642. The first-order valence-electron chi connectivity index (χ1n) is 7.68. The van der Waals surface area contributed by atoms with E-state index >= 15 is 0 Å². The Hall–Kier alpha value is -1.89. The van der Waals surface area contributed by atoms with E-state index in [9.17, 15) is 0 Å². The van der Waals surface area contributed by atoms with Gasteiger partial charge < -0.3 is 0 Å². The van der Waals surface area contributed by atoms with Crippen LogP contribution in [0, 0.1) is 0 Å². The first-order chi connectivity index (χ1) is 9.93. The van der Waals surface area contributed by atoms with Crippen molar-refractivity contribution in [1.29, 1.82) is 0 Å². The van der Waals surface area contributed by atoms with Crippen LogP contribution in [0.1, 0.15) is 47.9 Å². The summed E-state index contributed by atoms with van der Waals surface area (Å²) in [5.74, 6) is 0.418. The second-order valence-electron chi connectivity index (χ2n) is 5.92. The zero-order valence-electron chi connectivity index (χ0n) is 11.7. The van der Waals surface area contributed by atoms with Gasteiger partial charge in [0.15, 0.2) is 12.3 Å². The van der Waals surface area contributed by atoms with Gasteiger partial charge in [-0.2, -0.15) is 0 Å². The Morgan fingerprint density at radius 2 is 1.55 bits per heavy atom. The number of nitrogens with zero attached hydrogens (tertiary/aromatic N) is 1. The Kier molecular flexibility index (Phi) is 2.91. The van der Waals surface area contributed by atoms with E-state index in [0.29, 0.717) is 12.0 Å². The molecule has 0 aliphatic carbocycles. The van der Waals surface area contributed by atoms with Crippen LogP contribution >= 0.6 is 0 Å². The molecule has 2 heterocycles. The largest absolute Gasteiger partial charge is 0.232 e. The lowest BCUT2D eigenvalue weighted by atomic mass is 9.81. The second-order valence-corrected chi connectivity index (χ2v) is 5.92. The predicted octanol–water partition coefficient (Wildman–Crippen LogP) is 4.14. The third-order valence-corrected chi connectivity index (χ3v) is 4.73. The summed E-state index contributed by atoms with van der Waals surface area (Å²) in [5, 5.41) is 0.